The number of benzene rings is 2. The minimum Gasteiger partial charge on any atom is -0.354 e. The first-order valence-corrected chi connectivity index (χ1v) is 10.9. The highest BCUT2D eigenvalue weighted by molar-refractivity contribution is 7.99. The van der Waals surface area contributed by atoms with Gasteiger partial charge in [-0.2, -0.15) is 0 Å². The van der Waals surface area contributed by atoms with Crippen LogP contribution in [-0.4, -0.2) is 35.1 Å². The molecule has 4 nitrogen and oxygen atoms in total. The number of carbonyl (C=O) groups is 2. The first-order valence-electron chi connectivity index (χ1n) is 9.76. The fraction of sp³-hybridized carbons (Fsp3) is 0.391. The normalized spacial score (nSPS) is 11.7. The average Bonchev–Trinajstić information content (AvgIpc) is 2.71. The van der Waals surface area contributed by atoms with Crippen LogP contribution in [0.2, 0.25) is 0 Å². The van der Waals surface area contributed by atoms with Gasteiger partial charge in [0.05, 0.1) is 5.75 Å². The van der Waals surface area contributed by atoms with E-state index in [1.807, 2.05) is 49.4 Å². The lowest BCUT2D eigenvalue weighted by molar-refractivity contribution is -0.138. The minimum absolute atomic E-state index is 0.0124. The summed E-state index contributed by atoms with van der Waals surface area (Å²) in [6.45, 7) is 6.96. The molecule has 5 heteroatoms. The summed E-state index contributed by atoms with van der Waals surface area (Å²) in [7, 11) is 0. The van der Waals surface area contributed by atoms with Crippen LogP contribution in [0.15, 0.2) is 54.6 Å². The third-order valence-corrected chi connectivity index (χ3v) is 5.62. The maximum absolute atomic E-state index is 13.0. The molecule has 150 valence electrons. The minimum atomic E-state index is -0.502. The molecule has 1 atom stereocenters. The quantitative estimate of drug-likeness (QED) is 0.653. The van der Waals surface area contributed by atoms with Gasteiger partial charge < -0.3 is 10.2 Å². The number of hydrogen-bond acceptors (Lipinski definition) is 3. The van der Waals surface area contributed by atoms with Crippen LogP contribution in [0.25, 0.3) is 0 Å². The van der Waals surface area contributed by atoms with Gasteiger partial charge in [-0.05, 0) is 37.0 Å². The number of nitrogens with one attached hydrogen (secondary N) is 1. The van der Waals surface area contributed by atoms with E-state index >= 15 is 0 Å². The van der Waals surface area contributed by atoms with E-state index in [1.54, 1.807) is 23.6 Å². The highest BCUT2D eigenvalue weighted by Crippen LogP contribution is 2.18. The molecule has 0 saturated carbocycles. The molecule has 0 fully saturated rings. The van der Waals surface area contributed by atoms with Gasteiger partial charge in [-0.1, -0.05) is 61.5 Å². The lowest BCUT2D eigenvalue weighted by Crippen LogP contribution is -2.48. The zero-order chi connectivity index (χ0) is 20.4. The van der Waals surface area contributed by atoms with E-state index in [-0.39, 0.29) is 11.8 Å². The number of hydrogen-bond donors (Lipinski definition) is 1. The molecule has 2 aromatic rings. The highest BCUT2D eigenvalue weighted by atomic mass is 32.2. The van der Waals surface area contributed by atoms with Crippen molar-refractivity contribution in [2.24, 2.45) is 0 Å². The van der Waals surface area contributed by atoms with Gasteiger partial charge in [-0.3, -0.25) is 9.59 Å². The van der Waals surface area contributed by atoms with Crippen molar-refractivity contribution in [2.45, 2.75) is 45.5 Å². The maximum atomic E-state index is 13.0. The zero-order valence-corrected chi connectivity index (χ0v) is 17.8. The molecule has 0 saturated heterocycles. The predicted octanol–water partition coefficient (Wildman–Crippen LogP) is 4.17. The second-order valence-electron chi connectivity index (χ2n) is 6.89. The van der Waals surface area contributed by atoms with Gasteiger partial charge in [0, 0.05) is 18.8 Å². The summed E-state index contributed by atoms with van der Waals surface area (Å²) >= 11 is 1.59. The number of nitrogens with zero attached hydrogens (tertiary/aromatic N) is 1. The standard InChI is InChI=1S/C23H30N2O2S/c1-4-14-24-23(27)19(3)25(15-20-11-6-5-7-12-20)22(26)17-28-16-21-13-9-8-10-18(21)2/h5-13,19H,4,14-17H2,1-3H3,(H,24,27)/t19-/m0/s1. The van der Waals surface area contributed by atoms with Crippen LogP contribution < -0.4 is 5.32 Å². The fourth-order valence-corrected chi connectivity index (χ4v) is 3.85. The topological polar surface area (TPSA) is 49.4 Å². The van der Waals surface area contributed by atoms with Gasteiger partial charge in [0.15, 0.2) is 0 Å². The molecule has 0 heterocycles. The van der Waals surface area contributed by atoms with Gasteiger partial charge in [-0.15, -0.1) is 11.8 Å². The summed E-state index contributed by atoms with van der Waals surface area (Å²) in [4.78, 5) is 27.1. The SMILES string of the molecule is CCCNC(=O)[C@H](C)N(Cc1ccccc1)C(=O)CSCc1ccccc1C. The van der Waals surface area contributed by atoms with Crippen molar-refractivity contribution in [3.05, 3.63) is 71.3 Å². The van der Waals surface area contributed by atoms with Crippen molar-refractivity contribution in [3.8, 4) is 0 Å². The highest BCUT2D eigenvalue weighted by Gasteiger charge is 2.25. The molecule has 0 aliphatic rings. The van der Waals surface area contributed by atoms with Crippen molar-refractivity contribution in [1.82, 2.24) is 10.2 Å². The molecule has 2 aromatic carbocycles. The number of amides is 2. The molecular weight excluding hydrogens is 368 g/mol. The van der Waals surface area contributed by atoms with E-state index < -0.39 is 6.04 Å². The van der Waals surface area contributed by atoms with Gasteiger partial charge in [-0.25, -0.2) is 0 Å². The van der Waals surface area contributed by atoms with Crippen LogP contribution in [0.1, 0.15) is 37.0 Å². The Balaban J connectivity index is 2.03. The number of rotatable bonds is 10. The molecule has 0 aromatic heterocycles. The Bertz CT molecular complexity index is 764. The van der Waals surface area contributed by atoms with E-state index in [0.29, 0.717) is 18.8 Å². The van der Waals surface area contributed by atoms with Crippen LogP contribution in [0, 0.1) is 6.92 Å². The Kier molecular flexibility index (Phi) is 9.08. The first kappa shape index (κ1) is 22.0. The molecule has 2 amide bonds. The van der Waals surface area contributed by atoms with Crippen LogP contribution in [0.5, 0.6) is 0 Å². The third kappa shape index (κ3) is 6.71. The number of carbonyl (C=O) groups excluding carboxylic acids is 2. The molecule has 2 rings (SSSR count). The maximum Gasteiger partial charge on any atom is 0.242 e. The van der Waals surface area contributed by atoms with Crippen LogP contribution in [0.4, 0.5) is 0 Å². The predicted molar refractivity (Wildman–Crippen MR) is 117 cm³/mol. The summed E-state index contributed by atoms with van der Waals surface area (Å²) in [6, 6.07) is 17.5. The Labute approximate surface area is 172 Å². The summed E-state index contributed by atoms with van der Waals surface area (Å²) in [5.74, 6) is 1.03. The summed E-state index contributed by atoms with van der Waals surface area (Å²) < 4.78 is 0. The van der Waals surface area contributed by atoms with E-state index in [4.69, 9.17) is 0 Å². The van der Waals surface area contributed by atoms with Gasteiger partial charge >= 0.3 is 0 Å². The van der Waals surface area contributed by atoms with Gasteiger partial charge in [0.1, 0.15) is 6.04 Å². The first-order chi connectivity index (χ1) is 13.5. The molecule has 0 spiro atoms. The lowest BCUT2D eigenvalue weighted by Gasteiger charge is -2.28. The molecule has 0 unspecified atom stereocenters. The lowest BCUT2D eigenvalue weighted by atomic mass is 10.1. The van der Waals surface area contributed by atoms with Gasteiger partial charge in [0.2, 0.25) is 11.8 Å². The zero-order valence-electron chi connectivity index (χ0n) is 17.0. The molecule has 1 N–H and O–H groups in total. The fourth-order valence-electron chi connectivity index (χ4n) is 2.86. The van der Waals surface area contributed by atoms with Crippen LogP contribution in [-0.2, 0) is 21.9 Å². The summed E-state index contributed by atoms with van der Waals surface area (Å²) in [5, 5.41) is 2.90. The second kappa shape index (κ2) is 11.5. The summed E-state index contributed by atoms with van der Waals surface area (Å²) in [5.41, 5.74) is 3.49. The van der Waals surface area contributed by atoms with E-state index in [0.717, 1.165) is 17.7 Å². The van der Waals surface area contributed by atoms with Crippen molar-refractivity contribution < 1.29 is 9.59 Å². The molecular formula is C23H30N2O2S. The number of aryl methyl sites for hydroxylation is 1. The van der Waals surface area contributed by atoms with Gasteiger partial charge in [0.25, 0.3) is 0 Å². The Morgan fingerprint density at radius 1 is 1.07 bits per heavy atom. The van der Waals surface area contributed by atoms with Crippen molar-refractivity contribution in [2.75, 3.05) is 12.3 Å². The van der Waals surface area contributed by atoms with E-state index in [2.05, 4.69) is 24.4 Å². The Morgan fingerprint density at radius 3 is 2.43 bits per heavy atom. The number of thioether (sulfide) groups is 1. The smallest absolute Gasteiger partial charge is 0.242 e. The Morgan fingerprint density at radius 2 is 1.75 bits per heavy atom. The molecule has 28 heavy (non-hydrogen) atoms. The molecule has 0 aliphatic heterocycles. The second-order valence-corrected chi connectivity index (χ2v) is 7.88. The van der Waals surface area contributed by atoms with E-state index in [9.17, 15) is 9.59 Å². The molecule has 0 bridgehead atoms. The third-order valence-electron chi connectivity index (χ3n) is 4.66. The van der Waals surface area contributed by atoms with Crippen LogP contribution >= 0.6 is 11.8 Å². The Hall–Kier alpha value is -2.27. The molecule has 0 aliphatic carbocycles. The average molecular weight is 399 g/mol. The van der Waals surface area contributed by atoms with E-state index in [1.165, 1.54) is 11.1 Å². The van der Waals surface area contributed by atoms with Crippen molar-refractivity contribution in [1.29, 1.82) is 0 Å². The van der Waals surface area contributed by atoms with Crippen LogP contribution in [0.3, 0.4) is 0 Å². The summed E-state index contributed by atoms with van der Waals surface area (Å²) in [6.07, 6.45) is 0.872. The van der Waals surface area contributed by atoms with Crippen molar-refractivity contribution >= 4 is 23.6 Å². The monoisotopic (exact) mass is 398 g/mol. The van der Waals surface area contributed by atoms with Crippen molar-refractivity contribution in [3.63, 3.8) is 0 Å². The molecule has 0 radical (unpaired) electrons. The largest absolute Gasteiger partial charge is 0.354 e.